The van der Waals surface area contributed by atoms with Crippen molar-refractivity contribution in [3.63, 3.8) is 0 Å². The number of hydrogen-bond donors (Lipinski definition) is 1. The van der Waals surface area contributed by atoms with Gasteiger partial charge in [-0.15, -0.1) is 11.3 Å². The van der Waals surface area contributed by atoms with Crippen molar-refractivity contribution in [3.05, 3.63) is 56.3 Å². The number of hydrogen-bond acceptors (Lipinski definition) is 5. The molecule has 5 nitrogen and oxygen atoms in total. The lowest BCUT2D eigenvalue weighted by molar-refractivity contribution is 0.0869. The van der Waals surface area contributed by atoms with Gasteiger partial charge in [-0.05, 0) is 37.8 Å². The summed E-state index contributed by atoms with van der Waals surface area (Å²) in [7, 11) is 0. The highest BCUT2D eigenvalue weighted by Gasteiger charge is 2.23. The lowest BCUT2D eigenvalue weighted by atomic mass is 10.1. The van der Waals surface area contributed by atoms with Crippen LogP contribution >= 0.6 is 11.3 Å². The Kier molecular flexibility index (Phi) is 4.93. The molecule has 1 saturated heterocycles. The van der Waals surface area contributed by atoms with E-state index in [0.717, 1.165) is 32.5 Å². The highest BCUT2D eigenvalue weighted by atomic mass is 32.1. The minimum absolute atomic E-state index is 0.0852. The SMILES string of the molecule is Cc1cc(=O)cc(C(=O)NC2CCCN(Cc3cccs3)C2)o1. The average Bonchev–Trinajstić information content (AvgIpc) is 2.99. The Bertz CT molecular complexity index is 724. The van der Waals surface area contributed by atoms with Crippen LogP contribution in [0.3, 0.4) is 0 Å². The monoisotopic (exact) mass is 332 g/mol. The number of carbonyl (C=O) groups excluding carboxylic acids is 1. The van der Waals surface area contributed by atoms with Gasteiger partial charge in [0.15, 0.2) is 11.2 Å². The first-order valence-corrected chi connectivity index (χ1v) is 8.65. The Morgan fingerprint density at radius 3 is 3.09 bits per heavy atom. The number of likely N-dealkylation sites (tertiary alicyclic amines) is 1. The van der Waals surface area contributed by atoms with Gasteiger partial charge in [0.05, 0.1) is 0 Å². The number of thiophene rings is 1. The molecule has 1 aliphatic heterocycles. The molecule has 1 fully saturated rings. The summed E-state index contributed by atoms with van der Waals surface area (Å²) in [6.45, 7) is 4.45. The molecule has 3 rings (SSSR count). The molecule has 0 saturated carbocycles. The van der Waals surface area contributed by atoms with E-state index < -0.39 is 0 Å². The summed E-state index contributed by atoms with van der Waals surface area (Å²) < 4.78 is 5.35. The molecule has 2 aromatic rings. The van der Waals surface area contributed by atoms with Gasteiger partial charge in [0.1, 0.15) is 5.76 Å². The zero-order valence-electron chi connectivity index (χ0n) is 13.1. The molecule has 0 bridgehead atoms. The molecule has 1 amide bonds. The standard InChI is InChI=1S/C17H20N2O3S/c1-12-8-14(20)9-16(22-12)17(21)18-13-4-2-6-19(10-13)11-15-5-3-7-23-15/h3,5,7-9,13H,2,4,6,10-11H2,1H3,(H,18,21). The minimum atomic E-state index is -0.311. The van der Waals surface area contributed by atoms with Crippen LogP contribution in [0, 0.1) is 6.92 Å². The van der Waals surface area contributed by atoms with Gasteiger partial charge < -0.3 is 9.73 Å². The zero-order valence-corrected chi connectivity index (χ0v) is 13.9. The Hall–Kier alpha value is -1.92. The fraction of sp³-hybridized carbons (Fsp3) is 0.412. The van der Waals surface area contributed by atoms with Crippen molar-refractivity contribution in [3.8, 4) is 0 Å². The van der Waals surface area contributed by atoms with Gasteiger partial charge >= 0.3 is 0 Å². The Morgan fingerprint density at radius 1 is 1.48 bits per heavy atom. The molecule has 2 aromatic heterocycles. The van der Waals surface area contributed by atoms with E-state index in [1.165, 1.54) is 17.0 Å². The van der Waals surface area contributed by atoms with Gasteiger partial charge in [0.25, 0.3) is 5.91 Å². The number of nitrogens with zero attached hydrogens (tertiary/aromatic N) is 1. The van der Waals surface area contributed by atoms with E-state index in [1.54, 1.807) is 18.3 Å². The molecule has 0 aromatic carbocycles. The quantitative estimate of drug-likeness (QED) is 0.934. The highest BCUT2D eigenvalue weighted by Crippen LogP contribution is 2.17. The average molecular weight is 332 g/mol. The molecule has 6 heteroatoms. The number of aryl methyl sites for hydroxylation is 1. The van der Waals surface area contributed by atoms with Gasteiger partial charge in [-0.2, -0.15) is 0 Å². The van der Waals surface area contributed by atoms with E-state index in [9.17, 15) is 9.59 Å². The predicted molar refractivity (Wildman–Crippen MR) is 89.8 cm³/mol. The second kappa shape index (κ2) is 7.10. The number of nitrogens with one attached hydrogen (secondary N) is 1. The van der Waals surface area contributed by atoms with Crippen LogP contribution in [0.4, 0.5) is 0 Å². The molecule has 23 heavy (non-hydrogen) atoms. The second-order valence-electron chi connectivity index (χ2n) is 5.90. The largest absolute Gasteiger partial charge is 0.456 e. The zero-order chi connectivity index (χ0) is 16.2. The normalized spacial score (nSPS) is 18.7. The molecule has 1 N–H and O–H groups in total. The molecule has 1 unspecified atom stereocenters. The van der Waals surface area contributed by atoms with Crippen LogP contribution in [-0.2, 0) is 6.54 Å². The lowest BCUT2D eigenvalue weighted by Gasteiger charge is -2.32. The topological polar surface area (TPSA) is 62.6 Å². The first-order valence-electron chi connectivity index (χ1n) is 7.77. The van der Waals surface area contributed by atoms with E-state index in [0.29, 0.717) is 5.76 Å². The van der Waals surface area contributed by atoms with Crippen LogP contribution < -0.4 is 10.7 Å². The number of rotatable bonds is 4. The first kappa shape index (κ1) is 16.0. The Balaban J connectivity index is 1.60. The summed E-state index contributed by atoms with van der Waals surface area (Å²) in [5, 5.41) is 5.07. The first-order chi connectivity index (χ1) is 11.1. The van der Waals surface area contributed by atoms with Gasteiger partial charge in [-0.1, -0.05) is 6.07 Å². The van der Waals surface area contributed by atoms with Gasteiger partial charge in [0, 0.05) is 36.1 Å². The van der Waals surface area contributed by atoms with Crippen molar-refractivity contribution >= 4 is 17.2 Å². The van der Waals surface area contributed by atoms with E-state index in [2.05, 4.69) is 27.7 Å². The lowest BCUT2D eigenvalue weighted by Crippen LogP contribution is -2.47. The van der Waals surface area contributed by atoms with Crippen LogP contribution in [0.25, 0.3) is 0 Å². The molecule has 122 valence electrons. The highest BCUT2D eigenvalue weighted by molar-refractivity contribution is 7.09. The van der Waals surface area contributed by atoms with Crippen molar-refractivity contribution in [1.82, 2.24) is 10.2 Å². The Labute approximate surface area is 138 Å². The van der Waals surface area contributed by atoms with E-state index in [1.807, 2.05) is 0 Å². The molecule has 1 aliphatic rings. The van der Waals surface area contributed by atoms with Crippen LogP contribution in [0.15, 0.2) is 38.9 Å². The maximum Gasteiger partial charge on any atom is 0.287 e. The fourth-order valence-electron chi connectivity index (χ4n) is 2.91. The van der Waals surface area contributed by atoms with Crippen molar-refractivity contribution in [1.29, 1.82) is 0 Å². The summed E-state index contributed by atoms with van der Waals surface area (Å²) in [4.78, 5) is 27.5. The van der Waals surface area contributed by atoms with Crippen molar-refractivity contribution in [2.45, 2.75) is 32.4 Å². The summed E-state index contributed by atoms with van der Waals surface area (Å²) in [6.07, 6.45) is 2.00. The molecule has 1 atom stereocenters. The molecular weight excluding hydrogens is 312 g/mol. The molecular formula is C17H20N2O3S. The summed E-state index contributed by atoms with van der Waals surface area (Å²) in [6, 6.07) is 6.90. The van der Waals surface area contributed by atoms with Gasteiger partial charge in [0.2, 0.25) is 0 Å². The van der Waals surface area contributed by atoms with E-state index in [4.69, 9.17) is 4.42 Å². The summed E-state index contributed by atoms with van der Waals surface area (Å²) in [5.41, 5.74) is -0.207. The molecule has 0 aliphatic carbocycles. The minimum Gasteiger partial charge on any atom is -0.456 e. The third kappa shape index (κ3) is 4.30. The van der Waals surface area contributed by atoms with Crippen molar-refractivity contribution < 1.29 is 9.21 Å². The van der Waals surface area contributed by atoms with Crippen LogP contribution in [0.5, 0.6) is 0 Å². The predicted octanol–water partition coefficient (Wildman–Crippen LogP) is 2.40. The van der Waals surface area contributed by atoms with E-state index in [-0.39, 0.29) is 23.1 Å². The maximum absolute atomic E-state index is 12.3. The van der Waals surface area contributed by atoms with Crippen LogP contribution in [0.2, 0.25) is 0 Å². The summed E-state index contributed by atoms with van der Waals surface area (Å²) in [5.74, 6) is 0.227. The van der Waals surface area contributed by atoms with Crippen molar-refractivity contribution in [2.75, 3.05) is 13.1 Å². The van der Waals surface area contributed by atoms with E-state index >= 15 is 0 Å². The van der Waals surface area contributed by atoms with Crippen LogP contribution in [-0.4, -0.2) is 29.9 Å². The smallest absolute Gasteiger partial charge is 0.287 e. The molecule has 0 radical (unpaired) electrons. The third-order valence-electron chi connectivity index (χ3n) is 3.91. The number of amides is 1. The fourth-order valence-corrected chi connectivity index (χ4v) is 3.66. The number of carbonyl (C=O) groups is 1. The number of piperidine rings is 1. The Morgan fingerprint density at radius 2 is 2.35 bits per heavy atom. The molecule has 0 spiro atoms. The second-order valence-corrected chi connectivity index (χ2v) is 6.93. The molecule has 3 heterocycles. The van der Waals surface area contributed by atoms with Gasteiger partial charge in [-0.25, -0.2) is 0 Å². The van der Waals surface area contributed by atoms with Gasteiger partial charge in [-0.3, -0.25) is 14.5 Å². The summed E-state index contributed by atoms with van der Waals surface area (Å²) >= 11 is 1.75. The van der Waals surface area contributed by atoms with Crippen molar-refractivity contribution in [2.24, 2.45) is 0 Å². The maximum atomic E-state index is 12.3. The third-order valence-corrected chi connectivity index (χ3v) is 4.78. The van der Waals surface area contributed by atoms with Crippen LogP contribution in [0.1, 0.15) is 34.0 Å².